The van der Waals surface area contributed by atoms with Gasteiger partial charge >= 0.3 is 17.9 Å². The second-order valence-electron chi connectivity index (χ2n) is 15.5. The lowest BCUT2D eigenvalue weighted by molar-refractivity contribution is -0.173. The van der Waals surface area contributed by atoms with E-state index in [-0.39, 0.29) is 35.2 Å². The maximum Gasteiger partial charge on any atom is 0.338 e. The highest BCUT2D eigenvalue weighted by Gasteiger charge is 2.73. The minimum Gasteiger partial charge on any atom is -0.468 e. The lowest BCUT2D eigenvalue weighted by Crippen LogP contribution is -2.61. The average molecular weight is 724 g/mol. The number of esters is 3. The zero-order valence-electron chi connectivity index (χ0n) is 29.2. The molecular weight excluding hydrogens is 676 g/mol. The van der Waals surface area contributed by atoms with Gasteiger partial charge in [-0.15, -0.1) is 0 Å². The van der Waals surface area contributed by atoms with Gasteiger partial charge in [-0.2, -0.15) is 0 Å². The number of rotatable bonds is 5. The van der Waals surface area contributed by atoms with Crippen molar-refractivity contribution in [2.45, 2.75) is 86.2 Å². The number of benzene rings is 1. The Morgan fingerprint density at radius 1 is 0.771 bits per heavy atom. The molecule has 0 N–H and O–H groups in total. The third-order valence-corrected chi connectivity index (χ3v) is 14.6. The van der Waals surface area contributed by atoms with Gasteiger partial charge in [0.25, 0.3) is 0 Å². The smallest absolute Gasteiger partial charge is 0.338 e. The molecule has 5 aliphatic carbocycles. The van der Waals surface area contributed by atoms with Crippen LogP contribution in [0.2, 0.25) is 0 Å². The van der Waals surface area contributed by atoms with Gasteiger partial charge in [0.1, 0.15) is 16.9 Å². The number of carbonyl (C=O) groups excluding carboxylic acids is 5. The van der Waals surface area contributed by atoms with Crippen molar-refractivity contribution in [1.82, 2.24) is 0 Å². The SMILES string of the molecule is COC(=O)[C@@]12C(=O)C3=C([C@@H](OC(=O)c4ccc(Br)cc4)CC[C@H]3C3=CC(=O)[C@@]4(C(=O)OC)[C@H](C)CC[C@@]4(C)[C@@H]3C)[C@@H](C)[C@]1(C)CC[C@H]2C. The first-order valence-electron chi connectivity index (χ1n) is 17.3. The highest BCUT2D eigenvalue weighted by Crippen LogP contribution is 2.70. The van der Waals surface area contributed by atoms with Crippen molar-refractivity contribution < 1.29 is 38.2 Å². The number of ketones is 2. The largest absolute Gasteiger partial charge is 0.468 e. The molecule has 8 nitrogen and oxygen atoms in total. The summed E-state index contributed by atoms with van der Waals surface area (Å²) in [5.41, 5.74) is -1.80. The number of Topliss-reactive ketones (excluding diaryl/α,β-unsaturated/α-hetero) is 1. The fourth-order valence-corrected chi connectivity index (χ4v) is 11.5. The average Bonchev–Trinajstić information content (AvgIpc) is 3.52. The van der Waals surface area contributed by atoms with Gasteiger partial charge < -0.3 is 14.2 Å². The molecule has 0 heterocycles. The van der Waals surface area contributed by atoms with E-state index < -0.39 is 51.6 Å². The zero-order valence-corrected chi connectivity index (χ0v) is 30.8. The number of carbonyl (C=O) groups is 5. The van der Waals surface area contributed by atoms with Gasteiger partial charge in [0.15, 0.2) is 11.6 Å². The van der Waals surface area contributed by atoms with Gasteiger partial charge in [-0.1, -0.05) is 63.0 Å². The molecule has 0 radical (unpaired) electrons. The van der Waals surface area contributed by atoms with Crippen LogP contribution in [0.5, 0.6) is 0 Å². The van der Waals surface area contributed by atoms with Crippen molar-refractivity contribution in [3.63, 3.8) is 0 Å². The van der Waals surface area contributed by atoms with Crippen LogP contribution in [0.15, 0.2) is 51.5 Å². The van der Waals surface area contributed by atoms with Crippen LogP contribution in [0.1, 0.15) is 90.4 Å². The Balaban J connectivity index is 1.55. The molecule has 0 unspecified atom stereocenters. The maximum atomic E-state index is 15.4. The predicted octanol–water partition coefficient (Wildman–Crippen LogP) is 7.24. The normalized spacial score (nSPS) is 40.4. The van der Waals surface area contributed by atoms with Crippen LogP contribution in [-0.2, 0) is 33.4 Å². The van der Waals surface area contributed by atoms with Crippen molar-refractivity contribution in [3.8, 4) is 0 Å². The summed E-state index contributed by atoms with van der Waals surface area (Å²) >= 11 is 3.42. The molecule has 0 amide bonds. The van der Waals surface area contributed by atoms with Gasteiger partial charge in [-0.3, -0.25) is 19.2 Å². The number of halogens is 1. The predicted molar refractivity (Wildman–Crippen MR) is 181 cm³/mol. The van der Waals surface area contributed by atoms with Crippen molar-refractivity contribution in [2.24, 2.45) is 51.2 Å². The summed E-state index contributed by atoms with van der Waals surface area (Å²) in [6.45, 7) is 12.0. The molecule has 0 aliphatic heterocycles. The molecule has 0 spiro atoms. The summed E-state index contributed by atoms with van der Waals surface area (Å²) in [6.07, 6.45) is 4.50. The van der Waals surface area contributed by atoms with Crippen LogP contribution in [-0.4, -0.2) is 49.8 Å². The second kappa shape index (κ2) is 11.8. The summed E-state index contributed by atoms with van der Waals surface area (Å²) in [4.78, 5) is 70.9. The van der Waals surface area contributed by atoms with Crippen LogP contribution in [0.3, 0.4) is 0 Å². The lowest BCUT2D eigenvalue weighted by Gasteiger charge is -2.56. The quantitative estimate of drug-likeness (QED) is 0.178. The van der Waals surface area contributed by atoms with Gasteiger partial charge in [0.2, 0.25) is 0 Å². The minimum absolute atomic E-state index is 0.204. The molecule has 0 saturated heterocycles. The standard InChI is InChI=1S/C39H47BrO8/c1-20-15-17-36(5)22(3)27(19-29(41)38(20,36)34(44)46-7)26-13-14-28(48-33(43)24-9-11-25(40)12-10-24)30-23(4)37(6)18-16-21(2)39(37,35(45)47-8)32(42)31(26)30/h9-12,19-23,26,28H,13-18H2,1-8H3/t20-,21-,22-,23-,26+,28+,36+,37+,38-,39-/m1/s1. The first-order chi connectivity index (χ1) is 22.6. The zero-order chi connectivity index (χ0) is 35.1. The molecular formula is C39H47BrO8. The van der Waals surface area contributed by atoms with Gasteiger partial charge in [0.05, 0.1) is 19.8 Å². The van der Waals surface area contributed by atoms with Crippen LogP contribution < -0.4 is 0 Å². The summed E-state index contributed by atoms with van der Waals surface area (Å²) < 4.78 is 17.9. The van der Waals surface area contributed by atoms with E-state index in [1.165, 1.54) is 14.2 Å². The monoisotopic (exact) mass is 722 g/mol. The molecule has 1 aromatic rings. The summed E-state index contributed by atoms with van der Waals surface area (Å²) in [7, 11) is 2.67. The van der Waals surface area contributed by atoms with E-state index in [0.717, 1.165) is 15.6 Å². The summed E-state index contributed by atoms with van der Waals surface area (Å²) in [5.74, 6) is -3.59. The number of hydrogen-bond donors (Lipinski definition) is 0. The van der Waals surface area contributed by atoms with E-state index in [9.17, 15) is 19.2 Å². The highest BCUT2D eigenvalue weighted by atomic mass is 79.9. The Morgan fingerprint density at radius 2 is 1.31 bits per heavy atom. The van der Waals surface area contributed by atoms with E-state index in [1.807, 2.05) is 34.6 Å². The fourth-order valence-electron chi connectivity index (χ4n) is 11.2. The second-order valence-corrected chi connectivity index (χ2v) is 16.4. The van der Waals surface area contributed by atoms with Crippen molar-refractivity contribution in [2.75, 3.05) is 14.2 Å². The Morgan fingerprint density at radius 3 is 1.90 bits per heavy atom. The number of allylic oxidation sites excluding steroid dienone is 3. The lowest BCUT2D eigenvalue weighted by atomic mass is 9.46. The van der Waals surface area contributed by atoms with E-state index >= 15 is 4.79 Å². The van der Waals surface area contributed by atoms with E-state index in [4.69, 9.17) is 14.2 Å². The number of fused-ring (bicyclic) bond motifs is 2. The van der Waals surface area contributed by atoms with Gasteiger partial charge in [0, 0.05) is 16.0 Å². The van der Waals surface area contributed by atoms with Crippen LogP contribution in [0.4, 0.5) is 0 Å². The van der Waals surface area contributed by atoms with Crippen LogP contribution in [0, 0.1) is 51.2 Å². The van der Waals surface area contributed by atoms with Gasteiger partial charge in [-0.25, -0.2) is 4.79 Å². The van der Waals surface area contributed by atoms with Crippen molar-refractivity contribution in [1.29, 1.82) is 0 Å². The van der Waals surface area contributed by atoms with Crippen molar-refractivity contribution in [3.05, 3.63) is 57.1 Å². The van der Waals surface area contributed by atoms with Gasteiger partial charge in [-0.05, 0) is 109 Å². The van der Waals surface area contributed by atoms with E-state index in [1.54, 1.807) is 30.3 Å². The van der Waals surface area contributed by atoms with E-state index in [0.29, 0.717) is 49.7 Å². The molecule has 1 aromatic carbocycles. The first kappa shape index (κ1) is 34.8. The van der Waals surface area contributed by atoms with E-state index in [2.05, 4.69) is 22.9 Å². The Labute approximate surface area is 291 Å². The molecule has 10 atom stereocenters. The highest BCUT2D eigenvalue weighted by molar-refractivity contribution is 9.10. The minimum atomic E-state index is -1.42. The summed E-state index contributed by atoms with van der Waals surface area (Å²) in [6, 6.07) is 6.96. The summed E-state index contributed by atoms with van der Waals surface area (Å²) in [5, 5.41) is 0. The number of hydrogen-bond acceptors (Lipinski definition) is 8. The number of methoxy groups -OCH3 is 2. The third kappa shape index (κ3) is 4.21. The number of ether oxygens (including phenoxy) is 3. The topological polar surface area (TPSA) is 113 Å². The van der Waals surface area contributed by atoms with Crippen LogP contribution in [0.25, 0.3) is 0 Å². The molecule has 258 valence electrons. The molecule has 0 aromatic heterocycles. The molecule has 0 bridgehead atoms. The molecule has 5 aliphatic rings. The molecule has 48 heavy (non-hydrogen) atoms. The molecule has 6 rings (SSSR count). The van der Waals surface area contributed by atoms with Crippen LogP contribution >= 0.6 is 15.9 Å². The van der Waals surface area contributed by atoms with Crippen molar-refractivity contribution >= 4 is 45.4 Å². The molecule has 2 saturated carbocycles. The fraction of sp³-hybridized carbons (Fsp3) is 0.615. The molecule has 9 heteroatoms. The maximum absolute atomic E-state index is 15.4. The third-order valence-electron chi connectivity index (χ3n) is 14.1. The Kier molecular flexibility index (Phi) is 8.53. The first-order valence-corrected chi connectivity index (χ1v) is 18.1. The molecule has 2 fully saturated rings. The Bertz CT molecular complexity index is 1660. The Hall–Kier alpha value is -3.07.